The van der Waals surface area contributed by atoms with Crippen LogP contribution in [-0.2, 0) is 14.8 Å². The second-order valence-corrected chi connectivity index (χ2v) is 6.92. The molecule has 0 aromatic rings. The van der Waals surface area contributed by atoms with Gasteiger partial charge in [-0.1, -0.05) is 0 Å². The quantitative estimate of drug-likeness (QED) is 0.712. The number of piperidine rings is 1. The number of rotatable bonds is 3. The van der Waals surface area contributed by atoms with Gasteiger partial charge in [-0.05, 0) is 32.2 Å². The Bertz CT molecular complexity index is 396. The molecule has 2 aliphatic rings. The summed E-state index contributed by atoms with van der Waals surface area (Å²) in [6, 6.07) is -0.0509. The van der Waals surface area contributed by atoms with Crippen molar-refractivity contribution in [3.8, 4) is 0 Å². The number of nitrogens with one attached hydrogen (secondary N) is 2. The zero-order valence-corrected chi connectivity index (χ0v) is 11.5. The monoisotopic (exact) mass is 275 g/mol. The molecule has 1 unspecified atom stereocenters. The normalized spacial score (nSPS) is 26.5. The van der Waals surface area contributed by atoms with Crippen LogP contribution in [0.15, 0.2) is 0 Å². The maximum atomic E-state index is 12.1. The minimum Gasteiger partial charge on any atom is -0.341 e. The number of likely N-dealkylation sites (tertiary alicyclic amines) is 1. The first-order chi connectivity index (χ1) is 8.46. The maximum Gasteiger partial charge on any atom is 0.239 e. The van der Waals surface area contributed by atoms with Crippen LogP contribution in [0.5, 0.6) is 0 Å². The first-order valence-corrected chi connectivity index (χ1v) is 8.34. The van der Waals surface area contributed by atoms with E-state index in [-0.39, 0.29) is 18.0 Å². The fourth-order valence-corrected chi connectivity index (χ4v) is 3.48. The molecule has 2 heterocycles. The second-order valence-electron chi connectivity index (χ2n) is 5.14. The Kier molecular flexibility index (Phi) is 4.24. The number of sulfonamides is 1. The predicted octanol–water partition coefficient (Wildman–Crippen LogP) is -0.721. The largest absolute Gasteiger partial charge is 0.341 e. The summed E-state index contributed by atoms with van der Waals surface area (Å²) in [6.07, 6.45) is 4.55. The lowest BCUT2D eigenvalue weighted by molar-refractivity contribution is -0.134. The highest BCUT2D eigenvalue weighted by Crippen LogP contribution is 2.15. The minimum absolute atomic E-state index is 0.0237. The topological polar surface area (TPSA) is 78.5 Å². The van der Waals surface area contributed by atoms with Gasteiger partial charge in [0.2, 0.25) is 15.9 Å². The van der Waals surface area contributed by atoms with E-state index in [2.05, 4.69) is 10.0 Å². The van der Waals surface area contributed by atoms with E-state index in [1.807, 2.05) is 4.90 Å². The standard InChI is InChI=1S/C11H21N3O3S/c1-18(16,17)13-9-4-7-14(8-5-9)11(15)10-3-2-6-12-10/h9-10,12-13H,2-8H2,1H3. The zero-order valence-electron chi connectivity index (χ0n) is 10.7. The van der Waals surface area contributed by atoms with E-state index in [1.165, 1.54) is 6.26 Å². The van der Waals surface area contributed by atoms with Gasteiger partial charge in [0.15, 0.2) is 0 Å². The third-order valence-electron chi connectivity index (χ3n) is 3.55. The Labute approximate surface area is 108 Å². The first kappa shape index (κ1) is 13.8. The first-order valence-electron chi connectivity index (χ1n) is 6.45. The van der Waals surface area contributed by atoms with Crippen molar-refractivity contribution in [2.75, 3.05) is 25.9 Å². The van der Waals surface area contributed by atoms with Crippen molar-refractivity contribution in [3.05, 3.63) is 0 Å². The van der Waals surface area contributed by atoms with Crippen LogP contribution in [0.25, 0.3) is 0 Å². The predicted molar refractivity (Wildman–Crippen MR) is 68.6 cm³/mol. The van der Waals surface area contributed by atoms with Gasteiger partial charge in [-0.15, -0.1) is 0 Å². The minimum atomic E-state index is -3.14. The molecule has 2 saturated heterocycles. The van der Waals surface area contributed by atoms with Gasteiger partial charge in [0.25, 0.3) is 0 Å². The number of carbonyl (C=O) groups is 1. The lowest BCUT2D eigenvalue weighted by atomic mass is 10.0. The zero-order chi connectivity index (χ0) is 13.2. The summed E-state index contributed by atoms with van der Waals surface area (Å²) in [5.74, 6) is 0.172. The van der Waals surface area contributed by atoms with E-state index in [4.69, 9.17) is 0 Å². The van der Waals surface area contributed by atoms with Gasteiger partial charge in [-0.2, -0.15) is 0 Å². The van der Waals surface area contributed by atoms with Crippen LogP contribution in [0.3, 0.4) is 0 Å². The van der Waals surface area contributed by atoms with E-state index in [1.54, 1.807) is 0 Å². The van der Waals surface area contributed by atoms with Crippen LogP contribution < -0.4 is 10.0 Å². The molecule has 2 aliphatic heterocycles. The molecule has 1 amide bonds. The highest BCUT2D eigenvalue weighted by Gasteiger charge is 2.30. The summed E-state index contributed by atoms with van der Waals surface area (Å²) in [6.45, 7) is 2.21. The second kappa shape index (κ2) is 5.54. The SMILES string of the molecule is CS(=O)(=O)NC1CCN(C(=O)C2CCCN2)CC1. The Balaban J connectivity index is 1.81. The number of hydrogen-bond acceptors (Lipinski definition) is 4. The molecule has 1 atom stereocenters. The molecule has 0 bridgehead atoms. The summed E-state index contributed by atoms with van der Waals surface area (Å²) in [5.41, 5.74) is 0. The highest BCUT2D eigenvalue weighted by molar-refractivity contribution is 7.88. The summed E-state index contributed by atoms with van der Waals surface area (Å²) in [5, 5.41) is 3.20. The molecular weight excluding hydrogens is 254 g/mol. The molecular formula is C11H21N3O3S. The average molecular weight is 275 g/mol. The molecule has 0 radical (unpaired) electrons. The van der Waals surface area contributed by atoms with E-state index >= 15 is 0 Å². The van der Waals surface area contributed by atoms with Gasteiger partial charge < -0.3 is 10.2 Å². The Hall–Kier alpha value is -0.660. The molecule has 0 aromatic heterocycles. The summed E-state index contributed by atoms with van der Waals surface area (Å²) < 4.78 is 24.9. The lowest BCUT2D eigenvalue weighted by Crippen LogP contribution is -2.50. The van der Waals surface area contributed by atoms with Crippen molar-refractivity contribution in [2.24, 2.45) is 0 Å². The fourth-order valence-electron chi connectivity index (χ4n) is 2.64. The molecule has 0 aliphatic carbocycles. The van der Waals surface area contributed by atoms with E-state index < -0.39 is 10.0 Å². The molecule has 104 valence electrons. The van der Waals surface area contributed by atoms with Gasteiger partial charge in [0.05, 0.1) is 12.3 Å². The van der Waals surface area contributed by atoms with Gasteiger partial charge in [0.1, 0.15) is 0 Å². The van der Waals surface area contributed by atoms with Crippen molar-refractivity contribution in [3.63, 3.8) is 0 Å². The molecule has 2 fully saturated rings. The van der Waals surface area contributed by atoms with Crippen LogP contribution in [0, 0.1) is 0 Å². The van der Waals surface area contributed by atoms with Crippen molar-refractivity contribution in [1.29, 1.82) is 0 Å². The fraction of sp³-hybridized carbons (Fsp3) is 0.909. The smallest absolute Gasteiger partial charge is 0.239 e. The number of carbonyl (C=O) groups excluding carboxylic acids is 1. The summed E-state index contributed by atoms with van der Waals surface area (Å²) in [4.78, 5) is 14.0. The van der Waals surface area contributed by atoms with Crippen LogP contribution in [-0.4, -0.2) is 57.2 Å². The maximum absolute atomic E-state index is 12.1. The number of amides is 1. The van der Waals surface area contributed by atoms with Crippen LogP contribution >= 0.6 is 0 Å². The molecule has 0 spiro atoms. The number of nitrogens with zero attached hydrogens (tertiary/aromatic N) is 1. The summed E-state index contributed by atoms with van der Waals surface area (Å²) in [7, 11) is -3.14. The van der Waals surface area contributed by atoms with Gasteiger partial charge in [-0.25, -0.2) is 13.1 Å². The van der Waals surface area contributed by atoms with E-state index in [9.17, 15) is 13.2 Å². The van der Waals surface area contributed by atoms with Gasteiger partial charge >= 0.3 is 0 Å². The molecule has 0 aromatic carbocycles. The van der Waals surface area contributed by atoms with Gasteiger partial charge in [-0.3, -0.25) is 4.79 Å². The van der Waals surface area contributed by atoms with Crippen LogP contribution in [0.1, 0.15) is 25.7 Å². The van der Waals surface area contributed by atoms with Gasteiger partial charge in [0, 0.05) is 19.1 Å². The molecule has 18 heavy (non-hydrogen) atoms. The van der Waals surface area contributed by atoms with Crippen molar-refractivity contribution in [1.82, 2.24) is 14.9 Å². The van der Waals surface area contributed by atoms with Crippen LogP contribution in [0.4, 0.5) is 0 Å². The Morgan fingerprint density at radius 1 is 1.28 bits per heavy atom. The molecule has 6 nitrogen and oxygen atoms in total. The van der Waals surface area contributed by atoms with Crippen molar-refractivity contribution in [2.45, 2.75) is 37.8 Å². The highest BCUT2D eigenvalue weighted by atomic mass is 32.2. The average Bonchev–Trinajstić information content (AvgIpc) is 2.80. The Morgan fingerprint density at radius 2 is 1.94 bits per heavy atom. The summed E-state index contributed by atoms with van der Waals surface area (Å²) >= 11 is 0. The molecule has 2 rings (SSSR count). The Morgan fingerprint density at radius 3 is 2.44 bits per heavy atom. The molecule has 7 heteroatoms. The third kappa shape index (κ3) is 3.66. The van der Waals surface area contributed by atoms with E-state index in [0.29, 0.717) is 25.9 Å². The van der Waals surface area contributed by atoms with Crippen LogP contribution in [0.2, 0.25) is 0 Å². The lowest BCUT2D eigenvalue weighted by Gasteiger charge is -2.33. The third-order valence-corrected chi connectivity index (χ3v) is 4.31. The van der Waals surface area contributed by atoms with Crippen molar-refractivity contribution >= 4 is 15.9 Å². The molecule has 2 N–H and O–H groups in total. The number of hydrogen-bond donors (Lipinski definition) is 2. The van der Waals surface area contributed by atoms with E-state index in [0.717, 1.165) is 19.4 Å². The van der Waals surface area contributed by atoms with Crippen molar-refractivity contribution < 1.29 is 13.2 Å². The molecule has 0 saturated carbocycles.